The standard InChI is InChI=1S/C13H17F3N2O2S/c1-9-7-21-11(17-9)12(4-2-3-5-12)18-10(19)6-20-8-13(14,15)16/h7H,2-6,8H2,1H3,(H,18,19). The third-order valence-corrected chi connectivity index (χ3v) is 4.53. The van der Waals surface area contributed by atoms with Gasteiger partial charge in [-0.2, -0.15) is 13.2 Å². The molecule has 8 heteroatoms. The minimum atomic E-state index is -4.42. The first kappa shape index (κ1) is 16.2. The quantitative estimate of drug-likeness (QED) is 0.907. The Hall–Kier alpha value is -1.15. The van der Waals surface area contributed by atoms with Gasteiger partial charge in [0.05, 0.1) is 5.54 Å². The van der Waals surface area contributed by atoms with Crippen LogP contribution in [0.15, 0.2) is 5.38 Å². The molecule has 0 bridgehead atoms. The van der Waals surface area contributed by atoms with Crippen molar-refractivity contribution in [2.24, 2.45) is 0 Å². The van der Waals surface area contributed by atoms with Crippen molar-refractivity contribution in [1.29, 1.82) is 0 Å². The second kappa shape index (κ2) is 6.31. The number of hydrogen-bond acceptors (Lipinski definition) is 4. The molecule has 0 aromatic carbocycles. The Bertz CT molecular complexity index is 496. The van der Waals surface area contributed by atoms with Crippen LogP contribution in [0.5, 0.6) is 0 Å². The molecule has 118 valence electrons. The van der Waals surface area contributed by atoms with E-state index < -0.39 is 30.8 Å². The molecule has 1 aromatic rings. The van der Waals surface area contributed by atoms with Gasteiger partial charge in [-0.1, -0.05) is 12.8 Å². The molecule has 1 saturated carbocycles. The number of rotatable bonds is 5. The van der Waals surface area contributed by atoms with E-state index in [9.17, 15) is 18.0 Å². The molecule has 0 unspecified atom stereocenters. The van der Waals surface area contributed by atoms with E-state index in [1.54, 1.807) is 0 Å². The number of alkyl halides is 3. The summed E-state index contributed by atoms with van der Waals surface area (Å²) in [5.41, 5.74) is 0.335. The van der Waals surface area contributed by atoms with Gasteiger partial charge >= 0.3 is 6.18 Å². The average Bonchev–Trinajstić information content (AvgIpc) is 2.97. The first-order valence-corrected chi connectivity index (χ1v) is 7.57. The van der Waals surface area contributed by atoms with Crippen LogP contribution in [-0.2, 0) is 15.1 Å². The van der Waals surface area contributed by atoms with Gasteiger partial charge in [-0.3, -0.25) is 4.79 Å². The highest BCUT2D eigenvalue weighted by atomic mass is 32.1. The summed E-state index contributed by atoms with van der Waals surface area (Å²) in [5, 5.41) is 5.55. The smallest absolute Gasteiger partial charge is 0.362 e. The number of ether oxygens (including phenoxy) is 1. The molecule has 0 saturated heterocycles. The van der Waals surface area contributed by atoms with Crippen molar-refractivity contribution in [3.05, 3.63) is 16.1 Å². The molecule has 4 nitrogen and oxygen atoms in total. The largest absolute Gasteiger partial charge is 0.411 e. The van der Waals surface area contributed by atoms with Gasteiger partial charge < -0.3 is 10.1 Å². The predicted molar refractivity (Wildman–Crippen MR) is 72.0 cm³/mol. The first-order chi connectivity index (χ1) is 9.81. The second-order valence-electron chi connectivity index (χ2n) is 5.24. The molecular weight excluding hydrogens is 305 g/mol. The minimum Gasteiger partial charge on any atom is -0.362 e. The molecule has 1 N–H and O–H groups in total. The molecule has 0 aliphatic heterocycles. The van der Waals surface area contributed by atoms with Gasteiger partial charge in [0.1, 0.15) is 18.2 Å². The number of halogens is 3. The molecule has 1 aliphatic carbocycles. The van der Waals surface area contributed by atoms with Crippen LogP contribution in [0.3, 0.4) is 0 Å². The van der Waals surface area contributed by atoms with Crippen LogP contribution in [0, 0.1) is 6.92 Å². The van der Waals surface area contributed by atoms with Gasteiger partial charge in [-0.05, 0) is 19.8 Å². The number of thiazole rings is 1. The van der Waals surface area contributed by atoms with E-state index in [-0.39, 0.29) is 0 Å². The van der Waals surface area contributed by atoms with Gasteiger partial charge in [-0.25, -0.2) is 4.98 Å². The first-order valence-electron chi connectivity index (χ1n) is 6.69. The number of carbonyl (C=O) groups excluding carboxylic acids is 1. The molecule has 0 radical (unpaired) electrons. The van der Waals surface area contributed by atoms with Crippen LogP contribution in [0.2, 0.25) is 0 Å². The average molecular weight is 322 g/mol. The van der Waals surface area contributed by atoms with Crippen molar-refractivity contribution in [2.45, 2.75) is 44.3 Å². The maximum Gasteiger partial charge on any atom is 0.411 e. The van der Waals surface area contributed by atoms with Crippen LogP contribution in [0.4, 0.5) is 13.2 Å². The maximum absolute atomic E-state index is 12.0. The second-order valence-corrected chi connectivity index (χ2v) is 6.10. The van der Waals surface area contributed by atoms with Crippen LogP contribution >= 0.6 is 11.3 Å². The predicted octanol–water partition coefficient (Wildman–Crippen LogP) is 2.92. The van der Waals surface area contributed by atoms with Gasteiger partial charge in [0.25, 0.3) is 0 Å². The molecule has 1 fully saturated rings. The molecule has 1 heterocycles. The summed E-state index contributed by atoms with van der Waals surface area (Å²) in [5.74, 6) is -0.533. The van der Waals surface area contributed by atoms with Gasteiger partial charge in [-0.15, -0.1) is 11.3 Å². The number of nitrogens with zero attached hydrogens (tertiary/aromatic N) is 1. The highest BCUT2D eigenvalue weighted by Crippen LogP contribution is 2.40. The molecule has 1 aliphatic rings. The Morgan fingerprint density at radius 1 is 1.48 bits per heavy atom. The number of carbonyl (C=O) groups is 1. The molecule has 1 amide bonds. The van der Waals surface area contributed by atoms with Crippen LogP contribution in [0.1, 0.15) is 36.4 Å². The number of hydrogen-bond donors (Lipinski definition) is 1. The summed E-state index contributed by atoms with van der Waals surface area (Å²) < 4.78 is 40.4. The van der Waals surface area contributed by atoms with Crippen molar-refractivity contribution in [2.75, 3.05) is 13.2 Å². The van der Waals surface area contributed by atoms with Crippen molar-refractivity contribution in [3.8, 4) is 0 Å². The van der Waals surface area contributed by atoms with Crippen molar-refractivity contribution >= 4 is 17.2 Å². The number of aryl methyl sites for hydroxylation is 1. The summed E-state index contributed by atoms with van der Waals surface area (Å²) in [6.07, 6.45) is -0.988. The van der Waals surface area contributed by atoms with Crippen LogP contribution in [-0.4, -0.2) is 30.3 Å². The lowest BCUT2D eigenvalue weighted by molar-refractivity contribution is -0.176. The van der Waals surface area contributed by atoms with E-state index >= 15 is 0 Å². The van der Waals surface area contributed by atoms with Crippen molar-refractivity contribution < 1.29 is 22.7 Å². The maximum atomic E-state index is 12.0. The molecular formula is C13H17F3N2O2S. The Morgan fingerprint density at radius 2 is 2.14 bits per heavy atom. The monoisotopic (exact) mass is 322 g/mol. The summed E-state index contributed by atoms with van der Waals surface area (Å²) >= 11 is 1.47. The summed E-state index contributed by atoms with van der Waals surface area (Å²) in [4.78, 5) is 16.3. The Labute approximate surface area is 124 Å². The van der Waals surface area contributed by atoms with Gasteiger partial charge in [0.15, 0.2) is 0 Å². The molecule has 0 atom stereocenters. The lowest BCUT2D eigenvalue weighted by Gasteiger charge is -2.28. The summed E-state index contributed by atoms with van der Waals surface area (Å²) in [6, 6.07) is 0. The topological polar surface area (TPSA) is 51.2 Å². The zero-order valence-electron chi connectivity index (χ0n) is 11.6. The molecule has 2 rings (SSSR count). The minimum absolute atomic E-state index is 0.533. The number of aromatic nitrogens is 1. The zero-order valence-corrected chi connectivity index (χ0v) is 12.4. The Balaban J connectivity index is 1.96. The Kier molecular flexibility index (Phi) is 4.88. The third-order valence-electron chi connectivity index (χ3n) is 3.36. The lowest BCUT2D eigenvalue weighted by Crippen LogP contribution is -2.45. The van der Waals surface area contributed by atoms with Crippen molar-refractivity contribution in [1.82, 2.24) is 10.3 Å². The van der Waals surface area contributed by atoms with Crippen LogP contribution in [0.25, 0.3) is 0 Å². The van der Waals surface area contributed by atoms with E-state index in [4.69, 9.17) is 0 Å². The van der Waals surface area contributed by atoms with E-state index in [0.717, 1.165) is 36.4 Å². The number of nitrogens with one attached hydrogen (secondary N) is 1. The normalized spacial score (nSPS) is 17.9. The third kappa shape index (κ3) is 4.41. The lowest BCUT2D eigenvalue weighted by atomic mass is 9.98. The summed E-state index contributed by atoms with van der Waals surface area (Å²) in [6.45, 7) is -0.133. The fourth-order valence-electron chi connectivity index (χ4n) is 2.51. The van der Waals surface area contributed by atoms with Gasteiger partial charge in [0.2, 0.25) is 5.91 Å². The fraction of sp³-hybridized carbons (Fsp3) is 0.692. The molecule has 1 aromatic heterocycles. The Morgan fingerprint density at radius 3 is 2.67 bits per heavy atom. The zero-order chi connectivity index (χ0) is 15.5. The van der Waals surface area contributed by atoms with E-state index in [1.807, 2.05) is 12.3 Å². The number of amides is 1. The summed E-state index contributed by atoms with van der Waals surface area (Å²) in [7, 11) is 0. The highest BCUT2D eigenvalue weighted by molar-refractivity contribution is 7.09. The van der Waals surface area contributed by atoms with E-state index in [0.29, 0.717) is 0 Å². The molecule has 21 heavy (non-hydrogen) atoms. The SMILES string of the molecule is Cc1csc(C2(NC(=O)COCC(F)(F)F)CCCC2)n1. The van der Waals surface area contributed by atoms with Gasteiger partial charge in [0, 0.05) is 11.1 Å². The van der Waals surface area contributed by atoms with E-state index in [1.165, 1.54) is 11.3 Å². The van der Waals surface area contributed by atoms with E-state index in [2.05, 4.69) is 15.0 Å². The van der Waals surface area contributed by atoms with Crippen LogP contribution < -0.4 is 5.32 Å². The molecule has 0 spiro atoms. The fourth-order valence-corrected chi connectivity index (χ4v) is 3.52. The highest BCUT2D eigenvalue weighted by Gasteiger charge is 2.39. The van der Waals surface area contributed by atoms with Crippen molar-refractivity contribution in [3.63, 3.8) is 0 Å².